The lowest BCUT2D eigenvalue weighted by Gasteiger charge is -2.31. The molecule has 0 saturated carbocycles. The van der Waals surface area contributed by atoms with Crippen LogP contribution in [0.4, 0.5) is 17.1 Å². The van der Waals surface area contributed by atoms with E-state index in [9.17, 15) is 13.2 Å². The van der Waals surface area contributed by atoms with Gasteiger partial charge in [-0.2, -0.15) is 4.31 Å². The minimum absolute atomic E-state index is 0.0261. The van der Waals surface area contributed by atoms with Crippen LogP contribution in [0.15, 0.2) is 41.3 Å². The Morgan fingerprint density at radius 3 is 2.32 bits per heavy atom. The van der Waals surface area contributed by atoms with Crippen molar-refractivity contribution in [3.8, 4) is 0 Å². The molecule has 0 spiro atoms. The summed E-state index contributed by atoms with van der Waals surface area (Å²) in [6.07, 6.45) is 2.83. The Kier molecular flexibility index (Phi) is 7.75. The molecule has 1 amide bonds. The Hall–Kier alpha value is -2.62. The van der Waals surface area contributed by atoms with Gasteiger partial charge in [0.25, 0.3) is 0 Å². The lowest BCUT2D eigenvalue weighted by molar-refractivity contribution is -0.114. The lowest BCUT2D eigenvalue weighted by atomic mass is 10.1. The highest BCUT2D eigenvalue weighted by Crippen LogP contribution is 2.31. The molecule has 34 heavy (non-hydrogen) atoms. The normalized spacial score (nSPS) is 17.4. The maximum atomic E-state index is 13.3. The fourth-order valence-corrected chi connectivity index (χ4v) is 6.07. The summed E-state index contributed by atoms with van der Waals surface area (Å²) in [5, 5.41) is 6.19. The summed E-state index contributed by atoms with van der Waals surface area (Å²) in [6.45, 7) is 7.69. The van der Waals surface area contributed by atoms with Crippen LogP contribution in [0.3, 0.4) is 0 Å². The predicted octanol–water partition coefficient (Wildman–Crippen LogP) is 3.37. The largest absolute Gasteiger partial charge is 0.378 e. The summed E-state index contributed by atoms with van der Waals surface area (Å²) in [4.78, 5) is 15.2. The Morgan fingerprint density at radius 2 is 1.65 bits per heavy atom. The molecule has 2 heterocycles. The van der Waals surface area contributed by atoms with Crippen molar-refractivity contribution in [3.63, 3.8) is 0 Å². The van der Waals surface area contributed by atoms with Crippen LogP contribution in [0, 0.1) is 13.8 Å². The molecule has 2 N–H and O–H groups in total. The summed E-state index contributed by atoms with van der Waals surface area (Å²) in [7, 11) is -3.58. The van der Waals surface area contributed by atoms with Gasteiger partial charge in [-0.1, -0.05) is 24.6 Å². The van der Waals surface area contributed by atoms with Crippen molar-refractivity contribution >= 4 is 33.0 Å². The highest BCUT2D eigenvalue weighted by molar-refractivity contribution is 7.89. The van der Waals surface area contributed by atoms with Crippen molar-refractivity contribution in [3.05, 3.63) is 47.5 Å². The number of amides is 1. The molecule has 8 nitrogen and oxygen atoms in total. The first-order valence-electron chi connectivity index (χ1n) is 11.9. The number of nitrogens with zero attached hydrogens (tertiary/aromatic N) is 2. The summed E-state index contributed by atoms with van der Waals surface area (Å²) in [5.41, 5.74) is 4.32. The van der Waals surface area contributed by atoms with E-state index in [1.165, 1.54) is 0 Å². The lowest BCUT2D eigenvalue weighted by Crippen LogP contribution is -2.37. The number of nitrogens with one attached hydrogen (secondary N) is 2. The SMILES string of the molecule is Cc1cccc(C)c1NC(=O)CNc1cc(S(=O)(=O)N2CCCCC2)ccc1N1CCOCC1. The van der Waals surface area contributed by atoms with E-state index in [4.69, 9.17) is 4.74 Å². The van der Waals surface area contributed by atoms with Gasteiger partial charge >= 0.3 is 0 Å². The van der Waals surface area contributed by atoms with Crippen molar-refractivity contribution < 1.29 is 17.9 Å². The molecule has 9 heteroatoms. The minimum atomic E-state index is -3.58. The number of para-hydroxylation sites is 1. The topological polar surface area (TPSA) is 91.0 Å². The second kappa shape index (κ2) is 10.8. The van der Waals surface area contributed by atoms with Gasteiger partial charge < -0.3 is 20.3 Å². The number of hydrogen-bond donors (Lipinski definition) is 2. The highest BCUT2D eigenvalue weighted by atomic mass is 32.2. The molecule has 0 aliphatic carbocycles. The molecule has 4 rings (SSSR count). The zero-order chi connectivity index (χ0) is 24.1. The van der Waals surface area contributed by atoms with Crippen LogP contribution >= 0.6 is 0 Å². The van der Waals surface area contributed by atoms with Crippen molar-refractivity contribution in [2.45, 2.75) is 38.0 Å². The van der Waals surface area contributed by atoms with Crippen LogP contribution in [0.5, 0.6) is 0 Å². The number of piperidine rings is 1. The van der Waals surface area contributed by atoms with Gasteiger partial charge in [0.15, 0.2) is 0 Å². The van der Waals surface area contributed by atoms with Crippen LogP contribution in [0.2, 0.25) is 0 Å². The summed E-state index contributed by atoms with van der Waals surface area (Å²) in [6, 6.07) is 11.1. The minimum Gasteiger partial charge on any atom is -0.378 e. The second-order valence-electron chi connectivity index (χ2n) is 8.91. The first kappa shape index (κ1) is 24.5. The van der Waals surface area contributed by atoms with Gasteiger partial charge in [0.2, 0.25) is 15.9 Å². The Morgan fingerprint density at radius 1 is 0.971 bits per heavy atom. The van der Waals surface area contributed by atoms with E-state index in [0.29, 0.717) is 45.1 Å². The van der Waals surface area contributed by atoms with E-state index in [-0.39, 0.29) is 17.3 Å². The number of ether oxygens (including phenoxy) is 1. The number of anilines is 3. The summed E-state index contributed by atoms with van der Waals surface area (Å²) >= 11 is 0. The monoisotopic (exact) mass is 486 g/mol. The number of morpholine rings is 1. The van der Waals surface area contributed by atoms with E-state index < -0.39 is 10.0 Å². The predicted molar refractivity (Wildman–Crippen MR) is 135 cm³/mol. The van der Waals surface area contributed by atoms with Crippen molar-refractivity contribution in [2.75, 3.05) is 61.5 Å². The number of aryl methyl sites for hydroxylation is 2. The highest BCUT2D eigenvalue weighted by Gasteiger charge is 2.27. The number of sulfonamides is 1. The Labute approximate surface area is 202 Å². The molecule has 0 radical (unpaired) electrons. The third-order valence-corrected chi connectivity index (χ3v) is 8.35. The fourth-order valence-electron chi connectivity index (χ4n) is 4.52. The molecule has 2 aromatic rings. The molecule has 2 aliphatic rings. The fraction of sp³-hybridized carbons (Fsp3) is 0.480. The van der Waals surface area contributed by atoms with Gasteiger partial charge in [-0.15, -0.1) is 0 Å². The van der Waals surface area contributed by atoms with Crippen LogP contribution in [0.1, 0.15) is 30.4 Å². The average molecular weight is 487 g/mol. The van der Waals surface area contributed by atoms with Crippen LogP contribution in [0.25, 0.3) is 0 Å². The van der Waals surface area contributed by atoms with Crippen molar-refractivity contribution in [1.29, 1.82) is 0 Å². The standard InChI is InChI=1S/C25H34N4O4S/c1-19-7-6-8-20(2)25(19)27-24(30)18-26-22-17-21(34(31,32)29-11-4-3-5-12-29)9-10-23(22)28-13-15-33-16-14-28/h6-10,17,26H,3-5,11-16,18H2,1-2H3,(H,27,30). The number of benzene rings is 2. The molecule has 2 aromatic carbocycles. The molecule has 184 valence electrons. The summed E-state index contributed by atoms with van der Waals surface area (Å²) in [5.74, 6) is -0.186. The molecule has 2 fully saturated rings. The molecule has 2 aliphatic heterocycles. The zero-order valence-electron chi connectivity index (χ0n) is 20.0. The Bertz CT molecular complexity index is 1100. The number of rotatable bonds is 7. The summed E-state index contributed by atoms with van der Waals surface area (Å²) < 4.78 is 33.6. The van der Waals surface area contributed by atoms with Crippen LogP contribution in [-0.4, -0.2) is 64.6 Å². The smallest absolute Gasteiger partial charge is 0.243 e. The number of carbonyl (C=O) groups is 1. The number of carbonyl (C=O) groups excluding carboxylic acids is 1. The van der Waals surface area contributed by atoms with E-state index in [1.807, 2.05) is 38.1 Å². The van der Waals surface area contributed by atoms with Gasteiger partial charge in [0.05, 0.1) is 36.0 Å². The third kappa shape index (κ3) is 5.54. The van der Waals surface area contributed by atoms with Gasteiger partial charge in [-0.05, 0) is 56.0 Å². The average Bonchev–Trinajstić information content (AvgIpc) is 2.86. The maximum absolute atomic E-state index is 13.3. The maximum Gasteiger partial charge on any atom is 0.243 e. The van der Waals surface area contributed by atoms with Gasteiger partial charge in [-0.3, -0.25) is 4.79 Å². The quantitative estimate of drug-likeness (QED) is 0.624. The van der Waals surface area contributed by atoms with Crippen molar-refractivity contribution in [1.82, 2.24) is 4.31 Å². The molecule has 0 aromatic heterocycles. The second-order valence-corrected chi connectivity index (χ2v) is 10.8. The first-order chi connectivity index (χ1) is 16.4. The van der Waals surface area contributed by atoms with Gasteiger partial charge in [-0.25, -0.2) is 8.42 Å². The molecule has 0 bridgehead atoms. The van der Waals surface area contributed by atoms with Crippen molar-refractivity contribution in [2.24, 2.45) is 0 Å². The van der Waals surface area contributed by atoms with E-state index >= 15 is 0 Å². The van der Waals surface area contributed by atoms with E-state index in [2.05, 4.69) is 15.5 Å². The molecule has 0 unspecified atom stereocenters. The van der Waals surface area contributed by atoms with Gasteiger partial charge in [0, 0.05) is 31.9 Å². The molecule has 2 saturated heterocycles. The van der Waals surface area contributed by atoms with Gasteiger partial charge in [0.1, 0.15) is 0 Å². The van der Waals surface area contributed by atoms with Crippen LogP contribution < -0.4 is 15.5 Å². The Balaban J connectivity index is 1.56. The third-order valence-electron chi connectivity index (χ3n) is 6.46. The number of hydrogen-bond acceptors (Lipinski definition) is 6. The van der Waals surface area contributed by atoms with Crippen LogP contribution in [-0.2, 0) is 19.6 Å². The first-order valence-corrected chi connectivity index (χ1v) is 13.4. The molecule has 0 atom stereocenters. The zero-order valence-corrected chi connectivity index (χ0v) is 20.8. The van der Waals surface area contributed by atoms with E-state index in [1.54, 1.807) is 16.4 Å². The van der Waals surface area contributed by atoms with E-state index in [0.717, 1.165) is 41.8 Å². The molecular weight excluding hydrogens is 452 g/mol. The molecular formula is C25H34N4O4S.